The van der Waals surface area contributed by atoms with E-state index in [1.807, 2.05) is 0 Å². The highest BCUT2D eigenvalue weighted by Gasteiger charge is 2.09. The Balaban J connectivity index is 2.92. The second kappa shape index (κ2) is 5.92. The summed E-state index contributed by atoms with van der Waals surface area (Å²) in [6.07, 6.45) is -0.240. The largest absolute Gasteiger partial charge is 0.481 e. The van der Waals surface area contributed by atoms with Crippen LogP contribution in [0.1, 0.15) is 22.3 Å². The molecule has 0 atom stereocenters. The van der Waals surface area contributed by atoms with Crippen LogP contribution in [0.2, 0.25) is 5.02 Å². The molecule has 5 heteroatoms. The van der Waals surface area contributed by atoms with Gasteiger partial charge in [-0.3, -0.25) is 4.79 Å². The van der Waals surface area contributed by atoms with Crippen LogP contribution in [0, 0.1) is 11.8 Å². The first-order chi connectivity index (χ1) is 8.04. The highest BCUT2D eigenvalue weighted by Crippen LogP contribution is 2.18. The van der Waals surface area contributed by atoms with Crippen molar-refractivity contribution in [1.29, 1.82) is 0 Å². The molecule has 88 valence electrons. The van der Waals surface area contributed by atoms with Gasteiger partial charge in [0.1, 0.15) is 6.42 Å². The minimum Gasteiger partial charge on any atom is -0.481 e. The molecular formula is C12H9ClO4. The van der Waals surface area contributed by atoms with Crippen molar-refractivity contribution >= 4 is 23.5 Å². The zero-order chi connectivity index (χ0) is 12.8. The molecule has 0 saturated heterocycles. The number of esters is 1. The fraction of sp³-hybridized carbons (Fsp3) is 0.167. The van der Waals surface area contributed by atoms with E-state index < -0.39 is 11.9 Å². The van der Waals surface area contributed by atoms with Gasteiger partial charge < -0.3 is 9.84 Å². The summed E-state index contributed by atoms with van der Waals surface area (Å²) >= 11 is 5.86. The Hall–Kier alpha value is -1.99. The molecule has 0 aliphatic heterocycles. The van der Waals surface area contributed by atoms with E-state index in [-0.39, 0.29) is 17.0 Å². The summed E-state index contributed by atoms with van der Waals surface area (Å²) in [4.78, 5) is 21.5. The van der Waals surface area contributed by atoms with Crippen molar-refractivity contribution in [2.75, 3.05) is 7.11 Å². The maximum Gasteiger partial charge on any atom is 0.339 e. The SMILES string of the molecule is COC(=O)c1ccc(C#CCC(=O)O)cc1Cl. The summed E-state index contributed by atoms with van der Waals surface area (Å²) in [5.41, 5.74) is 0.793. The van der Waals surface area contributed by atoms with Crippen molar-refractivity contribution in [2.45, 2.75) is 6.42 Å². The third kappa shape index (κ3) is 3.82. The van der Waals surface area contributed by atoms with Crippen LogP contribution in [-0.4, -0.2) is 24.2 Å². The summed E-state index contributed by atoms with van der Waals surface area (Å²) in [6, 6.07) is 4.55. The maximum absolute atomic E-state index is 11.2. The third-order valence-electron chi connectivity index (χ3n) is 1.85. The molecule has 0 aliphatic carbocycles. The first-order valence-corrected chi connectivity index (χ1v) is 5.01. The van der Waals surface area contributed by atoms with Crippen LogP contribution in [0.4, 0.5) is 0 Å². The second-order valence-electron chi connectivity index (χ2n) is 3.06. The van der Waals surface area contributed by atoms with E-state index in [0.29, 0.717) is 5.56 Å². The minimum atomic E-state index is -0.991. The summed E-state index contributed by atoms with van der Waals surface area (Å²) in [7, 11) is 1.26. The van der Waals surface area contributed by atoms with Crippen LogP contribution in [0.3, 0.4) is 0 Å². The number of carbonyl (C=O) groups excluding carboxylic acids is 1. The van der Waals surface area contributed by atoms with Gasteiger partial charge in [0.2, 0.25) is 0 Å². The van der Waals surface area contributed by atoms with Crippen molar-refractivity contribution in [3.8, 4) is 11.8 Å². The molecule has 0 heterocycles. The van der Waals surface area contributed by atoms with E-state index in [4.69, 9.17) is 16.7 Å². The lowest BCUT2D eigenvalue weighted by Gasteiger charge is -2.01. The maximum atomic E-state index is 11.2. The van der Waals surface area contributed by atoms with E-state index in [9.17, 15) is 9.59 Å². The molecule has 4 nitrogen and oxygen atoms in total. The van der Waals surface area contributed by atoms with Gasteiger partial charge in [0.15, 0.2) is 0 Å². The number of hydrogen-bond acceptors (Lipinski definition) is 3. The van der Waals surface area contributed by atoms with Crippen molar-refractivity contribution in [1.82, 2.24) is 0 Å². The minimum absolute atomic E-state index is 0.221. The monoisotopic (exact) mass is 252 g/mol. The van der Waals surface area contributed by atoms with Gasteiger partial charge >= 0.3 is 11.9 Å². The number of benzene rings is 1. The predicted octanol–water partition coefficient (Wildman–Crippen LogP) is 1.95. The molecule has 0 unspecified atom stereocenters. The van der Waals surface area contributed by atoms with Crippen molar-refractivity contribution in [3.05, 3.63) is 34.3 Å². The summed E-state index contributed by atoms with van der Waals surface area (Å²) in [5, 5.41) is 8.63. The quantitative estimate of drug-likeness (QED) is 0.645. The summed E-state index contributed by atoms with van der Waals surface area (Å²) in [6.45, 7) is 0. The summed E-state index contributed by atoms with van der Waals surface area (Å²) < 4.78 is 4.53. The van der Waals surface area contributed by atoms with Gasteiger partial charge in [0.05, 0.1) is 17.7 Å². The molecule has 0 saturated carbocycles. The molecule has 17 heavy (non-hydrogen) atoms. The lowest BCUT2D eigenvalue weighted by molar-refractivity contribution is -0.135. The van der Waals surface area contributed by atoms with Gasteiger partial charge in [-0.2, -0.15) is 0 Å². The van der Waals surface area contributed by atoms with E-state index in [0.717, 1.165) is 0 Å². The van der Waals surface area contributed by atoms with Crippen LogP contribution in [0.15, 0.2) is 18.2 Å². The number of carboxylic acid groups (broad SMARTS) is 1. The fourth-order valence-electron chi connectivity index (χ4n) is 1.09. The van der Waals surface area contributed by atoms with Gasteiger partial charge in [-0.05, 0) is 18.2 Å². The Bertz CT molecular complexity index is 511. The van der Waals surface area contributed by atoms with Gasteiger partial charge in [-0.15, -0.1) is 0 Å². The Kier molecular flexibility index (Phi) is 4.56. The number of aliphatic carboxylic acids is 1. The highest BCUT2D eigenvalue weighted by molar-refractivity contribution is 6.33. The van der Waals surface area contributed by atoms with E-state index in [1.54, 1.807) is 6.07 Å². The van der Waals surface area contributed by atoms with Crippen LogP contribution >= 0.6 is 11.6 Å². The molecule has 0 spiro atoms. The van der Waals surface area contributed by atoms with Gasteiger partial charge in [0.25, 0.3) is 0 Å². The molecule has 1 aromatic rings. The average Bonchev–Trinajstić information content (AvgIpc) is 2.28. The Morgan fingerprint density at radius 2 is 2.18 bits per heavy atom. The van der Waals surface area contributed by atoms with Gasteiger partial charge in [0, 0.05) is 5.56 Å². The number of halogens is 1. The summed E-state index contributed by atoms with van der Waals surface area (Å²) in [5.74, 6) is 3.58. The number of rotatable bonds is 2. The number of hydrogen-bond donors (Lipinski definition) is 1. The molecule has 0 bridgehead atoms. The number of carboxylic acids is 1. The molecule has 0 aromatic heterocycles. The average molecular weight is 253 g/mol. The highest BCUT2D eigenvalue weighted by atomic mass is 35.5. The lowest BCUT2D eigenvalue weighted by Crippen LogP contribution is -2.01. The Morgan fingerprint density at radius 1 is 1.47 bits per heavy atom. The van der Waals surface area contributed by atoms with Crippen molar-refractivity contribution < 1.29 is 19.4 Å². The molecule has 1 N–H and O–H groups in total. The topological polar surface area (TPSA) is 63.6 Å². The molecule has 0 radical (unpaired) electrons. The van der Waals surface area contributed by atoms with Crippen LogP contribution < -0.4 is 0 Å². The predicted molar refractivity (Wildman–Crippen MR) is 61.9 cm³/mol. The number of methoxy groups -OCH3 is 1. The third-order valence-corrected chi connectivity index (χ3v) is 2.16. The number of ether oxygens (including phenoxy) is 1. The molecule has 1 aromatic carbocycles. The van der Waals surface area contributed by atoms with E-state index >= 15 is 0 Å². The van der Waals surface area contributed by atoms with E-state index in [2.05, 4.69) is 16.6 Å². The zero-order valence-corrected chi connectivity index (χ0v) is 9.75. The molecule has 0 amide bonds. The van der Waals surface area contributed by atoms with Crippen LogP contribution in [0.25, 0.3) is 0 Å². The van der Waals surface area contributed by atoms with Gasteiger partial charge in [-0.25, -0.2) is 4.79 Å². The molecular weight excluding hydrogens is 244 g/mol. The molecule has 1 rings (SSSR count). The second-order valence-corrected chi connectivity index (χ2v) is 3.47. The molecule has 0 aliphatic rings. The normalized spacial score (nSPS) is 9.06. The van der Waals surface area contributed by atoms with Crippen molar-refractivity contribution in [2.24, 2.45) is 0 Å². The Labute approximate surface area is 103 Å². The Morgan fingerprint density at radius 3 is 2.71 bits per heavy atom. The van der Waals surface area contributed by atoms with Crippen molar-refractivity contribution in [3.63, 3.8) is 0 Å². The van der Waals surface area contributed by atoms with E-state index in [1.165, 1.54) is 19.2 Å². The smallest absolute Gasteiger partial charge is 0.339 e. The van der Waals surface area contributed by atoms with Crippen LogP contribution in [-0.2, 0) is 9.53 Å². The zero-order valence-electron chi connectivity index (χ0n) is 8.99. The van der Waals surface area contributed by atoms with Crippen LogP contribution in [0.5, 0.6) is 0 Å². The first kappa shape index (κ1) is 13.1. The van der Waals surface area contributed by atoms with Gasteiger partial charge in [-0.1, -0.05) is 23.4 Å². The standard InChI is InChI=1S/C12H9ClO4/c1-17-12(16)9-6-5-8(7-10(9)13)3-2-4-11(14)15/h5-7H,4H2,1H3,(H,14,15). The lowest BCUT2D eigenvalue weighted by atomic mass is 10.1. The molecule has 0 fully saturated rings. The fourth-order valence-corrected chi connectivity index (χ4v) is 1.35. The first-order valence-electron chi connectivity index (χ1n) is 4.63. The number of carbonyl (C=O) groups is 2.